The molecule has 0 bridgehead atoms. The average Bonchev–Trinajstić information content (AvgIpc) is 2.70. The number of carbonyl (C=O) groups excluding carboxylic acids is 2. The number of ketones is 1. The molecule has 1 atom stereocenters. The molecule has 0 amide bonds. The molecular weight excluding hydrogens is 394 g/mol. The number of Topliss-reactive ketones (excluding diaryl/α,β-unsaturated/α-hetero) is 1. The van der Waals surface area contributed by atoms with Crippen molar-refractivity contribution in [3.05, 3.63) is 63.2 Å². The largest absolute Gasteiger partial charge is 0.495 e. The molecule has 1 aromatic carbocycles. The number of nitrogens with zero attached hydrogens (tertiary/aromatic N) is 2. The Morgan fingerprint density at radius 1 is 1.34 bits per heavy atom. The van der Waals surface area contributed by atoms with Crippen LogP contribution >= 0.6 is 11.6 Å². The monoisotopic (exact) mass is 415 g/mol. The third-order valence-corrected chi connectivity index (χ3v) is 4.62. The van der Waals surface area contributed by atoms with Crippen LogP contribution in [0, 0.1) is 0 Å². The minimum atomic E-state index is -0.801. The van der Waals surface area contributed by atoms with Gasteiger partial charge in [0.15, 0.2) is 5.78 Å². The van der Waals surface area contributed by atoms with Crippen LogP contribution in [-0.4, -0.2) is 37.0 Å². The predicted molar refractivity (Wildman–Crippen MR) is 114 cm³/mol. The molecule has 29 heavy (non-hydrogen) atoms. The number of aromatic nitrogens is 1. The Bertz CT molecular complexity index is 1040. The van der Waals surface area contributed by atoms with Gasteiger partial charge in [0.05, 0.1) is 19.3 Å². The minimum absolute atomic E-state index is 0.176. The van der Waals surface area contributed by atoms with Crippen molar-refractivity contribution in [1.82, 2.24) is 4.57 Å². The van der Waals surface area contributed by atoms with E-state index in [-0.39, 0.29) is 12.2 Å². The van der Waals surface area contributed by atoms with E-state index < -0.39 is 11.6 Å². The fourth-order valence-corrected chi connectivity index (χ4v) is 3.16. The number of allylic oxidation sites excluding steroid dienone is 1. The van der Waals surface area contributed by atoms with Crippen molar-refractivity contribution in [3.8, 4) is 16.9 Å². The van der Waals surface area contributed by atoms with Gasteiger partial charge in [0, 0.05) is 41.9 Å². The molecule has 2 rings (SSSR count). The molecule has 0 saturated carbocycles. The summed E-state index contributed by atoms with van der Waals surface area (Å²) in [6.07, 6.45) is 5.16. The number of nitrogens with two attached hydrogens (primary N) is 1. The van der Waals surface area contributed by atoms with Crippen molar-refractivity contribution in [2.24, 2.45) is 10.7 Å². The highest BCUT2D eigenvalue weighted by Crippen LogP contribution is 2.34. The molecule has 152 valence electrons. The van der Waals surface area contributed by atoms with Crippen LogP contribution in [0.3, 0.4) is 0 Å². The minimum Gasteiger partial charge on any atom is -0.495 e. The van der Waals surface area contributed by atoms with Gasteiger partial charge >= 0.3 is 0 Å². The maximum atomic E-state index is 12.8. The summed E-state index contributed by atoms with van der Waals surface area (Å²) in [6, 6.07) is 5.33. The summed E-state index contributed by atoms with van der Waals surface area (Å²) in [5, 5.41) is 0.415. The number of aldehydes is 1. The first kappa shape index (κ1) is 22.1. The van der Waals surface area contributed by atoms with E-state index in [1.54, 1.807) is 25.2 Å². The molecule has 2 N–H and O–H groups in total. The molecule has 7 nitrogen and oxygen atoms in total. The summed E-state index contributed by atoms with van der Waals surface area (Å²) < 4.78 is 6.71. The Balaban J connectivity index is 2.64. The second kappa shape index (κ2) is 9.84. The number of ether oxygens (including phenoxy) is 1. The van der Waals surface area contributed by atoms with Crippen LogP contribution < -0.4 is 16.0 Å². The van der Waals surface area contributed by atoms with E-state index in [0.717, 1.165) is 0 Å². The third-order valence-electron chi connectivity index (χ3n) is 4.38. The van der Waals surface area contributed by atoms with Gasteiger partial charge in [-0.3, -0.25) is 14.6 Å². The first-order valence-electron chi connectivity index (χ1n) is 8.75. The van der Waals surface area contributed by atoms with Crippen LogP contribution in [0.4, 0.5) is 0 Å². The Hall–Kier alpha value is -3.19. The molecule has 0 saturated heterocycles. The number of rotatable bonds is 8. The average molecular weight is 416 g/mol. The lowest BCUT2D eigenvalue weighted by Gasteiger charge is -2.18. The summed E-state index contributed by atoms with van der Waals surface area (Å²) >= 11 is 6.10. The lowest BCUT2D eigenvalue weighted by atomic mass is 9.97. The van der Waals surface area contributed by atoms with E-state index in [2.05, 4.69) is 4.99 Å². The van der Waals surface area contributed by atoms with Crippen LogP contribution in [0.2, 0.25) is 5.02 Å². The van der Waals surface area contributed by atoms with Gasteiger partial charge in [-0.05, 0) is 42.5 Å². The Labute approximate surface area is 173 Å². The van der Waals surface area contributed by atoms with Crippen LogP contribution in [0.25, 0.3) is 11.1 Å². The SMILES string of the molecule is CN=CC(=CN)CC(C=O)n1cc(OC)c(-c2cc(Cl)ccc2C(C)=O)cc1=O. The molecule has 1 heterocycles. The van der Waals surface area contributed by atoms with Gasteiger partial charge < -0.3 is 19.8 Å². The van der Waals surface area contributed by atoms with Crippen molar-refractivity contribution in [2.75, 3.05) is 14.2 Å². The normalized spacial score (nSPS) is 12.8. The fourth-order valence-electron chi connectivity index (χ4n) is 2.99. The van der Waals surface area contributed by atoms with E-state index >= 15 is 0 Å². The first-order valence-corrected chi connectivity index (χ1v) is 9.13. The Morgan fingerprint density at radius 3 is 2.62 bits per heavy atom. The highest BCUT2D eigenvalue weighted by molar-refractivity contribution is 6.31. The molecule has 0 spiro atoms. The summed E-state index contributed by atoms with van der Waals surface area (Å²) in [7, 11) is 3.03. The Morgan fingerprint density at radius 2 is 2.07 bits per heavy atom. The molecule has 0 aliphatic heterocycles. The van der Waals surface area contributed by atoms with Gasteiger partial charge in [-0.1, -0.05) is 11.6 Å². The smallest absolute Gasteiger partial charge is 0.252 e. The highest BCUT2D eigenvalue weighted by Gasteiger charge is 2.19. The lowest BCUT2D eigenvalue weighted by Crippen LogP contribution is -2.26. The topological polar surface area (TPSA) is 104 Å². The summed E-state index contributed by atoms with van der Waals surface area (Å²) in [5.74, 6) is 0.147. The summed E-state index contributed by atoms with van der Waals surface area (Å²) in [4.78, 5) is 40.4. The fraction of sp³-hybridized carbons (Fsp3) is 0.238. The molecule has 2 aromatic rings. The standard InChI is InChI=1S/C21H22ClN3O4/c1-13(27)17-5-4-15(22)7-18(17)19-8-21(28)25(11-20(19)29-3)16(12-26)6-14(9-23)10-24-2/h4-5,7-12,16H,6,23H2,1-3H3. The number of benzene rings is 1. The number of methoxy groups -OCH3 is 1. The molecule has 0 aliphatic carbocycles. The van der Waals surface area contributed by atoms with Crippen molar-refractivity contribution >= 4 is 29.9 Å². The zero-order valence-corrected chi connectivity index (χ0v) is 17.1. The van der Waals surface area contributed by atoms with E-state index in [0.29, 0.717) is 39.3 Å². The quantitative estimate of drug-likeness (QED) is 0.405. The number of pyridine rings is 1. The number of hydrogen-bond acceptors (Lipinski definition) is 6. The maximum absolute atomic E-state index is 12.8. The number of carbonyl (C=O) groups is 2. The molecule has 8 heteroatoms. The van der Waals surface area contributed by atoms with Crippen LogP contribution in [0.5, 0.6) is 5.75 Å². The van der Waals surface area contributed by atoms with E-state index in [1.807, 2.05) is 0 Å². The van der Waals surface area contributed by atoms with Gasteiger partial charge in [-0.25, -0.2) is 0 Å². The van der Waals surface area contributed by atoms with Gasteiger partial charge in [0.25, 0.3) is 5.56 Å². The van der Waals surface area contributed by atoms with Crippen molar-refractivity contribution in [2.45, 2.75) is 19.4 Å². The van der Waals surface area contributed by atoms with Crippen LogP contribution in [0.1, 0.15) is 29.7 Å². The van der Waals surface area contributed by atoms with Gasteiger partial charge in [-0.2, -0.15) is 0 Å². The number of halogens is 1. The van der Waals surface area contributed by atoms with Crippen molar-refractivity contribution < 1.29 is 14.3 Å². The van der Waals surface area contributed by atoms with Crippen LogP contribution in [0.15, 0.2) is 52.0 Å². The third kappa shape index (κ3) is 5.00. The summed E-state index contributed by atoms with van der Waals surface area (Å²) in [6.45, 7) is 1.43. The molecule has 0 radical (unpaired) electrons. The second-order valence-corrected chi connectivity index (χ2v) is 6.72. The maximum Gasteiger partial charge on any atom is 0.252 e. The molecule has 1 aromatic heterocycles. The molecular formula is C21H22ClN3O4. The van der Waals surface area contributed by atoms with Gasteiger partial charge in [0.1, 0.15) is 12.0 Å². The van der Waals surface area contributed by atoms with E-state index in [1.165, 1.54) is 43.3 Å². The predicted octanol–water partition coefficient (Wildman–Crippen LogP) is 3.05. The number of aliphatic imine (C=N–C) groups is 1. The van der Waals surface area contributed by atoms with E-state index in [9.17, 15) is 14.4 Å². The van der Waals surface area contributed by atoms with Crippen molar-refractivity contribution in [1.29, 1.82) is 0 Å². The molecule has 0 fully saturated rings. The zero-order chi connectivity index (χ0) is 21.6. The first-order chi connectivity index (χ1) is 13.9. The number of hydrogen-bond donors (Lipinski definition) is 1. The highest BCUT2D eigenvalue weighted by atomic mass is 35.5. The lowest BCUT2D eigenvalue weighted by molar-refractivity contribution is -0.110. The Kier molecular flexibility index (Phi) is 7.50. The van der Waals surface area contributed by atoms with Gasteiger partial charge in [-0.15, -0.1) is 0 Å². The zero-order valence-electron chi connectivity index (χ0n) is 16.4. The molecule has 1 unspecified atom stereocenters. The second-order valence-electron chi connectivity index (χ2n) is 6.28. The van der Waals surface area contributed by atoms with E-state index in [4.69, 9.17) is 22.1 Å². The van der Waals surface area contributed by atoms with Crippen LogP contribution in [-0.2, 0) is 4.79 Å². The van der Waals surface area contributed by atoms with Crippen molar-refractivity contribution in [3.63, 3.8) is 0 Å². The summed E-state index contributed by atoms with van der Waals surface area (Å²) in [5.41, 5.74) is 7.04. The van der Waals surface area contributed by atoms with Gasteiger partial charge in [0.2, 0.25) is 0 Å². The molecule has 0 aliphatic rings.